The molecule has 4 aromatic rings. The Morgan fingerprint density at radius 3 is 2.35 bits per heavy atom. The van der Waals surface area contributed by atoms with Crippen LogP contribution >= 0.6 is 0 Å². The molecule has 6 heteroatoms. The number of carbonyl (C=O) groups is 2. The number of nitrogens with zero attached hydrogens (tertiary/aromatic N) is 2. The predicted molar refractivity (Wildman–Crippen MR) is 118 cm³/mol. The standard InChI is InChI=1S/C25H21N3O3/c29-17-20-11-7-8-14-23(20)31-18-24(30)26-15-21-16-28(22-12-5-2-6-13-22)27-25(21)19-9-3-1-4-10-19/h1-14,16-17H,15,18H2,(H,26,30). The lowest BCUT2D eigenvalue weighted by molar-refractivity contribution is -0.123. The van der Waals surface area contributed by atoms with Gasteiger partial charge in [0.25, 0.3) is 5.91 Å². The lowest BCUT2D eigenvalue weighted by Crippen LogP contribution is -2.28. The van der Waals surface area contributed by atoms with Gasteiger partial charge in [-0.05, 0) is 24.3 Å². The second kappa shape index (κ2) is 9.54. The fraction of sp³-hybridized carbons (Fsp3) is 0.0800. The van der Waals surface area contributed by atoms with E-state index < -0.39 is 0 Å². The number of hydrogen-bond donors (Lipinski definition) is 1. The molecule has 0 saturated heterocycles. The first-order valence-electron chi connectivity index (χ1n) is 9.87. The van der Waals surface area contributed by atoms with E-state index in [2.05, 4.69) is 5.32 Å². The highest BCUT2D eigenvalue weighted by atomic mass is 16.5. The van der Waals surface area contributed by atoms with E-state index in [1.54, 1.807) is 28.9 Å². The average Bonchev–Trinajstić information content (AvgIpc) is 3.27. The molecule has 1 aromatic heterocycles. The summed E-state index contributed by atoms with van der Waals surface area (Å²) in [5.74, 6) is 0.0988. The van der Waals surface area contributed by atoms with Crippen LogP contribution in [0.15, 0.2) is 91.1 Å². The van der Waals surface area contributed by atoms with E-state index >= 15 is 0 Å². The van der Waals surface area contributed by atoms with Gasteiger partial charge in [0.2, 0.25) is 0 Å². The maximum Gasteiger partial charge on any atom is 0.258 e. The van der Waals surface area contributed by atoms with Crippen LogP contribution in [0.2, 0.25) is 0 Å². The van der Waals surface area contributed by atoms with Crippen LogP contribution in [-0.2, 0) is 11.3 Å². The molecule has 4 rings (SSSR count). The third-order valence-electron chi connectivity index (χ3n) is 4.74. The quantitative estimate of drug-likeness (QED) is 0.444. The van der Waals surface area contributed by atoms with Gasteiger partial charge in [-0.1, -0.05) is 60.7 Å². The molecule has 0 spiro atoms. The Balaban J connectivity index is 1.49. The molecular formula is C25H21N3O3. The number of benzene rings is 3. The van der Waals surface area contributed by atoms with E-state index in [0.29, 0.717) is 24.1 Å². The van der Waals surface area contributed by atoms with Gasteiger partial charge < -0.3 is 10.1 Å². The van der Waals surface area contributed by atoms with Crippen LogP contribution < -0.4 is 10.1 Å². The molecule has 0 saturated carbocycles. The third-order valence-corrected chi connectivity index (χ3v) is 4.74. The predicted octanol–water partition coefficient (Wildman–Crippen LogP) is 4.05. The van der Waals surface area contributed by atoms with Crippen molar-refractivity contribution in [1.82, 2.24) is 15.1 Å². The zero-order valence-corrected chi connectivity index (χ0v) is 16.8. The van der Waals surface area contributed by atoms with Crippen LogP contribution in [0.25, 0.3) is 16.9 Å². The minimum absolute atomic E-state index is 0.182. The summed E-state index contributed by atoms with van der Waals surface area (Å²) < 4.78 is 7.31. The maximum atomic E-state index is 12.4. The highest BCUT2D eigenvalue weighted by Gasteiger charge is 2.14. The monoisotopic (exact) mass is 411 g/mol. The van der Waals surface area contributed by atoms with Crippen molar-refractivity contribution < 1.29 is 14.3 Å². The van der Waals surface area contributed by atoms with Crippen LogP contribution in [0, 0.1) is 0 Å². The number of carbonyl (C=O) groups excluding carboxylic acids is 2. The smallest absolute Gasteiger partial charge is 0.258 e. The molecule has 0 fully saturated rings. The summed E-state index contributed by atoms with van der Waals surface area (Å²) >= 11 is 0. The zero-order valence-electron chi connectivity index (χ0n) is 16.8. The Kier molecular flexibility index (Phi) is 6.18. The van der Waals surface area contributed by atoms with Gasteiger partial charge in [-0.3, -0.25) is 9.59 Å². The summed E-state index contributed by atoms with van der Waals surface area (Å²) in [6.07, 6.45) is 2.62. The van der Waals surface area contributed by atoms with Gasteiger partial charge in [0.15, 0.2) is 12.9 Å². The Morgan fingerprint density at radius 1 is 0.935 bits per heavy atom. The molecule has 0 radical (unpaired) electrons. The van der Waals surface area contributed by atoms with Crippen molar-refractivity contribution in [3.63, 3.8) is 0 Å². The number of nitrogens with one attached hydrogen (secondary N) is 1. The minimum Gasteiger partial charge on any atom is -0.483 e. The fourth-order valence-corrected chi connectivity index (χ4v) is 3.19. The second-order valence-electron chi connectivity index (χ2n) is 6.87. The van der Waals surface area contributed by atoms with Crippen molar-refractivity contribution >= 4 is 12.2 Å². The van der Waals surface area contributed by atoms with Gasteiger partial charge in [-0.15, -0.1) is 0 Å². The van der Waals surface area contributed by atoms with Gasteiger partial charge in [0.05, 0.1) is 16.9 Å². The van der Waals surface area contributed by atoms with Gasteiger partial charge in [-0.2, -0.15) is 5.10 Å². The van der Waals surface area contributed by atoms with Crippen molar-refractivity contribution in [3.8, 4) is 22.7 Å². The fourth-order valence-electron chi connectivity index (χ4n) is 3.19. The highest BCUT2D eigenvalue weighted by Crippen LogP contribution is 2.23. The summed E-state index contributed by atoms with van der Waals surface area (Å²) in [5.41, 5.74) is 4.00. The molecule has 6 nitrogen and oxygen atoms in total. The summed E-state index contributed by atoms with van der Waals surface area (Å²) in [7, 11) is 0. The molecule has 1 amide bonds. The SMILES string of the molecule is O=Cc1ccccc1OCC(=O)NCc1cn(-c2ccccc2)nc1-c1ccccc1. The molecule has 31 heavy (non-hydrogen) atoms. The Hall–Kier alpha value is -4.19. The molecule has 1 heterocycles. The second-order valence-corrected chi connectivity index (χ2v) is 6.87. The number of para-hydroxylation sites is 2. The van der Waals surface area contributed by atoms with E-state index in [1.807, 2.05) is 66.9 Å². The summed E-state index contributed by atoms with van der Waals surface area (Å²) in [4.78, 5) is 23.4. The first kappa shape index (κ1) is 20.1. The maximum absolute atomic E-state index is 12.4. The number of aromatic nitrogens is 2. The van der Waals surface area contributed by atoms with Gasteiger partial charge in [0, 0.05) is 23.9 Å². The number of hydrogen-bond acceptors (Lipinski definition) is 4. The number of ether oxygens (including phenoxy) is 1. The van der Waals surface area contributed by atoms with E-state index in [0.717, 1.165) is 22.5 Å². The molecule has 0 unspecified atom stereocenters. The third kappa shape index (κ3) is 4.87. The van der Waals surface area contributed by atoms with E-state index in [-0.39, 0.29) is 12.5 Å². The summed E-state index contributed by atoms with van der Waals surface area (Å²) in [6, 6.07) is 26.5. The lowest BCUT2D eigenvalue weighted by Gasteiger charge is -2.09. The minimum atomic E-state index is -0.285. The molecule has 3 aromatic carbocycles. The van der Waals surface area contributed by atoms with Crippen molar-refractivity contribution in [2.75, 3.05) is 6.61 Å². The average molecular weight is 411 g/mol. The van der Waals surface area contributed by atoms with Crippen LogP contribution in [0.4, 0.5) is 0 Å². The molecule has 154 valence electrons. The molecular weight excluding hydrogens is 390 g/mol. The summed E-state index contributed by atoms with van der Waals surface area (Å²) in [6.45, 7) is 0.118. The zero-order chi connectivity index (χ0) is 21.5. The highest BCUT2D eigenvalue weighted by molar-refractivity contribution is 5.81. The van der Waals surface area contributed by atoms with Gasteiger partial charge in [-0.25, -0.2) is 4.68 Å². The lowest BCUT2D eigenvalue weighted by atomic mass is 10.1. The van der Waals surface area contributed by atoms with Crippen LogP contribution in [0.5, 0.6) is 5.75 Å². The van der Waals surface area contributed by atoms with Crippen molar-refractivity contribution in [2.45, 2.75) is 6.54 Å². The van der Waals surface area contributed by atoms with Crippen LogP contribution in [0.3, 0.4) is 0 Å². The van der Waals surface area contributed by atoms with E-state index in [9.17, 15) is 9.59 Å². The van der Waals surface area contributed by atoms with Crippen molar-refractivity contribution in [3.05, 3.63) is 102 Å². The molecule has 0 aliphatic carbocycles. The number of aldehydes is 1. The van der Waals surface area contributed by atoms with E-state index in [4.69, 9.17) is 9.84 Å². The Morgan fingerprint density at radius 2 is 1.61 bits per heavy atom. The van der Waals surface area contributed by atoms with Crippen molar-refractivity contribution in [2.24, 2.45) is 0 Å². The van der Waals surface area contributed by atoms with Gasteiger partial charge >= 0.3 is 0 Å². The van der Waals surface area contributed by atoms with Crippen LogP contribution in [-0.4, -0.2) is 28.6 Å². The molecule has 1 N–H and O–H groups in total. The largest absolute Gasteiger partial charge is 0.483 e. The Labute approximate surface area is 180 Å². The molecule has 0 aliphatic rings. The Bertz CT molecular complexity index is 1170. The first-order chi connectivity index (χ1) is 15.2. The molecule has 0 aliphatic heterocycles. The molecule has 0 bridgehead atoms. The normalized spacial score (nSPS) is 10.5. The summed E-state index contributed by atoms with van der Waals surface area (Å²) in [5, 5.41) is 7.62. The topological polar surface area (TPSA) is 73.2 Å². The molecule has 0 atom stereocenters. The number of rotatable bonds is 8. The first-order valence-corrected chi connectivity index (χ1v) is 9.87. The van der Waals surface area contributed by atoms with Crippen LogP contribution in [0.1, 0.15) is 15.9 Å². The number of amides is 1. The van der Waals surface area contributed by atoms with Crippen molar-refractivity contribution in [1.29, 1.82) is 0 Å². The van der Waals surface area contributed by atoms with E-state index in [1.165, 1.54) is 0 Å². The van der Waals surface area contributed by atoms with Gasteiger partial charge in [0.1, 0.15) is 5.75 Å².